The minimum atomic E-state index is -0.823. The summed E-state index contributed by atoms with van der Waals surface area (Å²) < 4.78 is 20.7. The number of aliphatic imine (C=N–C) groups is 1. The lowest BCUT2D eigenvalue weighted by Crippen LogP contribution is -2.51. The van der Waals surface area contributed by atoms with Crippen molar-refractivity contribution in [3.05, 3.63) is 59.1 Å². The first-order valence-corrected chi connectivity index (χ1v) is 11.4. The van der Waals surface area contributed by atoms with Gasteiger partial charge < -0.3 is 5.73 Å². The second-order valence-electron chi connectivity index (χ2n) is 8.05. The molecular weight excluding hydrogens is 437 g/mol. The van der Waals surface area contributed by atoms with Gasteiger partial charge in [0, 0.05) is 30.1 Å². The highest BCUT2D eigenvalue weighted by Gasteiger charge is 2.42. The van der Waals surface area contributed by atoms with Crippen LogP contribution in [0, 0.1) is 5.82 Å². The molecular formula is C21H23ClFN7S. The monoisotopic (exact) mass is 459 g/mol. The average Bonchev–Trinajstić information content (AvgIpc) is 3.22. The van der Waals surface area contributed by atoms with Gasteiger partial charge in [0.1, 0.15) is 17.3 Å². The molecule has 0 bridgehead atoms. The maximum absolute atomic E-state index is 15.0. The van der Waals surface area contributed by atoms with Crippen molar-refractivity contribution in [1.29, 1.82) is 0 Å². The smallest absolute Gasteiger partial charge is 0.155 e. The fourth-order valence-corrected chi connectivity index (χ4v) is 5.64. The van der Waals surface area contributed by atoms with Gasteiger partial charge in [-0.15, -0.1) is 5.10 Å². The summed E-state index contributed by atoms with van der Waals surface area (Å²) in [5.74, 6) is 1.31. The van der Waals surface area contributed by atoms with E-state index in [1.807, 2.05) is 20.8 Å². The summed E-state index contributed by atoms with van der Waals surface area (Å²) in [4.78, 5) is 8.97. The van der Waals surface area contributed by atoms with Crippen LogP contribution in [-0.4, -0.2) is 43.4 Å². The Bertz CT molecular complexity index is 1200. The molecule has 2 aromatic heterocycles. The van der Waals surface area contributed by atoms with Gasteiger partial charge in [-0.1, -0.05) is 27.5 Å². The summed E-state index contributed by atoms with van der Waals surface area (Å²) in [7, 11) is 1.38. The summed E-state index contributed by atoms with van der Waals surface area (Å²) in [6, 6.07) is 8.35. The highest BCUT2D eigenvalue weighted by atomic mass is 35.5. The van der Waals surface area contributed by atoms with E-state index >= 15 is 0 Å². The van der Waals surface area contributed by atoms with Crippen LogP contribution < -0.4 is 5.73 Å². The summed E-state index contributed by atoms with van der Waals surface area (Å²) in [6.07, 6.45) is 3.28. The Labute approximate surface area is 187 Å². The molecule has 0 spiro atoms. The lowest BCUT2D eigenvalue weighted by molar-refractivity contribution is 0.501. The molecule has 0 amide bonds. The van der Waals surface area contributed by atoms with Crippen molar-refractivity contribution >= 4 is 28.1 Å². The molecule has 2 atom stereocenters. The van der Waals surface area contributed by atoms with Gasteiger partial charge in [-0.3, -0.25) is 9.36 Å². The Balaban J connectivity index is 1.75. The fourth-order valence-electron chi connectivity index (χ4n) is 3.54. The van der Waals surface area contributed by atoms with E-state index in [9.17, 15) is 4.39 Å². The number of rotatable bonds is 3. The third-order valence-corrected chi connectivity index (χ3v) is 8.38. The van der Waals surface area contributed by atoms with Crippen LogP contribution in [-0.2, 0) is 16.2 Å². The van der Waals surface area contributed by atoms with E-state index in [0.29, 0.717) is 33.7 Å². The first kappa shape index (κ1) is 21.6. The first-order chi connectivity index (χ1) is 14.6. The van der Waals surface area contributed by atoms with E-state index in [4.69, 9.17) is 22.3 Å². The van der Waals surface area contributed by atoms with Gasteiger partial charge in [-0.25, -0.2) is 14.1 Å². The van der Waals surface area contributed by atoms with Gasteiger partial charge in [-0.05, 0) is 51.1 Å². The molecule has 10 heteroatoms. The van der Waals surface area contributed by atoms with E-state index in [0.717, 1.165) is 5.56 Å². The van der Waals surface area contributed by atoms with Crippen molar-refractivity contribution < 1.29 is 4.39 Å². The topological polar surface area (TPSA) is 94.3 Å². The predicted octanol–water partition coefficient (Wildman–Crippen LogP) is 3.92. The molecule has 0 unspecified atom stereocenters. The van der Waals surface area contributed by atoms with Crippen molar-refractivity contribution in [3.8, 4) is 17.1 Å². The quantitative estimate of drug-likeness (QED) is 0.642. The Hall–Kier alpha value is -2.65. The Morgan fingerprint density at radius 2 is 2.00 bits per heavy atom. The second-order valence-corrected chi connectivity index (χ2v) is 10.9. The van der Waals surface area contributed by atoms with Crippen molar-refractivity contribution in [2.45, 2.75) is 31.1 Å². The molecule has 0 radical (unpaired) electrons. The van der Waals surface area contributed by atoms with Gasteiger partial charge in [0.2, 0.25) is 0 Å². The largest absolute Gasteiger partial charge is 0.386 e. The third kappa shape index (κ3) is 3.87. The minimum Gasteiger partial charge on any atom is -0.386 e. The lowest BCUT2D eigenvalue weighted by Gasteiger charge is -2.40. The molecule has 1 aromatic carbocycles. The predicted molar refractivity (Wildman–Crippen MR) is 123 cm³/mol. The maximum atomic E-state index is 15.0. The molecule has 0 fully saturated rings. The number of nitrogens with zero attached hydrogens (tertiary/aromatic N) is 6. The Kier molecular flexibility index (Phi) is 5.43. The first-order valence-electron chi connectivity index (χ1n) is 9.65. The van der Waals surface area contributed by atoms with E-state index in [-0.39, 0.29) is 10.6 Å². The van der Waals surface area contributed by atoms with E-state index < -0.39 is 16.2 Å². The normalized spacial score (nSPS) is 23.0. The minimum absolute atomic E-state index is 0.339. The number of benzene rings is 1. The molecule has 31 heavy (non-hydrogen) atoms. The Morgan fingerprint density at radius 3 is 2.68 bits per heavy atom. The van der Waals surface area contributed by atoms with Crippen molar-refractivity contribution in [2.24, 2.45) is 15.1 Å². The average molecular weight is 460 g/mol. The van der Waals surface area contributed by atoms with Crippen LogP contribution in [0.1, 0.15) is 26.3 Å². The summed E-state index contributed by atoms with van der Waals surface area (Å²) in [5.41, 5.74) is 7.26. The van der Waals surface area contributed by atoms with Crippen LogP contribution >= 0.6 is 11.6 Å². The third-order valence-electron chi connectivity index (χ3n) is 5.49. The van der Waals surface area contributed by atoms with Crippen LogP contribution in [0.3, 0.4) is 0 Å². The summed E-state index contributed by atoms with van der Waals surface area (Å²) in [5, 5.41) is 8.91. The number of aromatic nitrogens is 4. The SMILES string of the molecule is CN=[S@@]1C[C@@](C)(c2cc(-c3cn(-c4ccc(Cl)cn4)nn3)ccc2F)N=C(N)C1(C)C. The zero-order valence-corrected chi connectivity index (χ0v) is 19.2. The Morgan fingerprint density at radius 1 is 1.23 bits per heavy atom. The zero-order chi connectivity index (χ0) is 22.4. The number of hydrogen-bond donors (Lipinski definition) is 1. The molecule has 4 rings (SSSR count). The van der Waals surface area contributed by atoms with Gasteiger partial charge in [0.15, 0.2) is 5.82 Å². The molecule has 0 aliphatic carbocycles. The molecule has 0 saturated carbocycles. The van der Waals surface area contributed by atoms with Crippen LogP contribution in [0.5, 0.6) is 0 Å². The molecule has 3 heterocycles. The van der Waals surface area contributed by atoms with Crippen LogP contribution in [0.2, 0.25) is 5.02 Å². The van der Waals surface area contributed by atoms with Crippen LogP contribution in [0.4, 0.5) is 4.39 Å². The molecule has 2 N–H and O–H groups in total. The van der Waals surface area contributed by atoms with E-state index in [2.05, 4.69) is 19.7 Å². The zero-order valence-electron chi connectivity index (χ0n) is 17.7. The van der Waals surface area contributed by atoms with Crippen molar-refractivity contribution in [1.82, 2.24) is 20.0 Å². The number of hydrogen-bond acceptors (Lipinski definition) is 6. The van der Waals surface area contributed by atoms with E-state index in [1.165, 1.54) is 12.3 Å². The fraction of sp³-hybridized carbons (Fsp3) is 0.333. The van der Waals surface area contributed by atoms with Crippen LogP contribution in [0.15, 0.2) is 52.1 Å². The van der Waals surface area contributed by atoms with Crippen LogP contribution in [0.25, 0.3) is 17.1 Å². The molecule has 3 aromatic rings. The number of pyridine rings is 1. The number of amidine groups is 1. The van der Waals surface area contributed by atoms with Gasteiger partial charge in [-0.2, -0.15) is 0 Å². The molecule has 162 valence electrons. The molecule has 0 saturated heterocycles. The highest BCUT2D eigenvalue weighted by Crippen LogP contribution is 2.38. The van der Waals surface area contributed by atoms with E-state index in [1.54, 1.807) is 42.2 Å². The number of nitrogens with two attached hydrogens (primary N) is 1. The standard InChI is InChI=1S/C21H23ClFN7S/c1-20(2)19(24)27-21(3,12-31(20)25-4)15-9-13(5-7-16(15)23)17-11-30(29-28-17)18-8-6-14(22)10-26-18/h5-11H,12H2,1-4H3,(H2,24,27)/t21-,31+/m0/s1. The van der Waals surface area contributed by atoms with Gasteiger partial charge in [0.05, 0.1) is 21.5 Å². The maximum Gasteiger partial charge on any atom is 0.155 e. The number of halogens is 2. The van der Waals surface area contributed by atoms with Gasteiger partial charge in [0.25, 0.3) is 0 Å². The molecule has 1 aliphatic heterocycles. The van der Waals surface area contributed by atoms with Crippen molar-refractivity contribution in [2.75, 3.05) is 12.8 Å². The van der Waals surface area contributed by atoms with Gasteiger partial charge >= 0.3 is 0 Å². The highest BCUT2D eigenvalue weighted by molar-refractivity contribution is 7.89. The van der Waals surface area contributed by atoms with Crippen molar-refractivity contribution in [3.63, 3.8) is 0 Å². The molecule has 7 nitrogen and oxygen atoms in total. The second kappa shape index (κ2) is 7.80. The summed E-state index contributed by atoms with van der Waals surface area (Å²) in [6.45, 7) is 5.95. The lowest BCUT2D eigenvalue weighted by atomic mass is 9.91. The summed E-state index contributed by atoms with van der Waals surface area (Å²) >= 11 is 5.90. The molecule has 1 aliphatic rings.